The lowest BCUT2D eigenvalue weighted by Crippen LogP contribution is -2.27. The summed E-state index contributed by atoms with van der Waals surface area (Å²) in [5.41, 5.74) is 7.35. The Morgan fingerprint density at radius 1 is 1.36 bits per heavy atom. The van der Waals surface area contributed by atoms with Crippen molar-refractivity contribution in [1.29, 1.82) is 0 Å². The number of hydrogen-bond acceptors (Lipinski definition) is 2. The molecule has 1 aliphatic rings. The van der Waals surface area contributed by atoms with Crippen LogP contribution in [0.15, 0.2) is 24.3 Å². The first kappa shape index (κ1) is 9.53. The minimum absolute atomic E-state index is 0.153. The molecule has 0 aromatic heterocycles. The fourth-order valence-corrected chi connectivity index (χ4v) is 1.99. The van der Waals surface area contributed by atoms with E-state index in [1.54, 1.807) is 7.11 Å². The summed E-state index contributed by atoms with van der Waals surface area (Å²) in [6.07, 6.45) is 3.85. The summed E-state index contributed by atoms with van der Waals surface area (Å²) in [6.45, 7) is 0. The predicted octanol–water partition coefficient (Wildman–Crippen LogP) is 2.50. The standard InChI is InChI=1S/C12H17NO/c1-14-11-8-3-2-7-10(11)12(13)9-5-4-6-9/h2-3,7-9,12H,4-6,13H2,1H3/t12-/m1/s1. The number of rotatable bonds is 3. The second-order valence-corrected chi connectivity index (χ2v) is 3.96. The Morgan fingerprint density at radius 3 is 2.64 bits per heavy atom. The molecule has 76 valence electrons. The SMILES string of the molecule is COc1ccccc1[C@H](N)C1CCC1. The third kappa shape index (κ3) is 1.62. The monoisotopic (exact) mass is 191 g/mol. The van der Waals surface area contributed by atoms with Crippen molar-refractivity contribution in [2.75, 3.05) is 7.11 Å². The van der Waals surface area contributed by atoms with Crippen molar-refractivity contribution in [3.8, 4) is 5.75 Å². The molecule has 0 radical (unpaired) electrons. The highest BCUT2D eigenvalue weighted by molar-refractivity contribution is 5.36. The smallest absolute Gasteiger partial charge is 0.123 e. The van der Waals surface area contributed by atoms with Crippen LogP contribution in [0.2, 0.25) is 0 Å². The summed E-state index contributed by atoms with van der Waals surface area (Å²) in [6, 6.07) is 8.21. The van der Waals surface area contributed by atoms with Crippen molar-refractivity contribution in [2.45, 2.75) is 25.3 Å². The average molecular weight is 191 g/mol. The molecule has 0 saturated heterocycles. The first-order valence-corrected chi connectivity index (χ1v) is 5.21. The number of para-hydroxylation sites is 1. The van der Waals surface area contributed by atoms with E-state index in [0.717, 1.165) is 11.3 Å². The van der Waals surface area contributed by atoms with E-state index in [-0.39, 0.29) is 6.04 Å². The van der Waals surface area contributed by atoms with Gasteiger partial charge in [0.15, 0.2) is 0 Å². The molecule has 2 rings (SSSR count). The topological polar surface area (TPSA) is 35.2 Å². The Bertz CT molecular complexity index is 307. The largest absolute Gasteiger partial charge is 0.496 e. The van der Waals surface area contributed by atoms with Gasteiger partial charge >= 0.3 is 0 Å². The third-order valence-electron chi connectivity index (χ3n) is 3.16. The van der Waals surface area contributed by atoms with E-state index >= 15 is 0 Å². The number of benzene rings is 1. The highest BCUT2D eigenvalue weighted by Crippen LogP contribution is 2.38. The Kier molecular flexibility index (Phi) is 2.73. The Balaban J connectivity index is 2.20. The maximum Gasteiger partial charge on any atom is 0.123 e. The molecule has 0 heterocycles. The zero-order valence-electron chi connectivity index (χ0n) is 8.57. The van der Waals surface area contributed by atoms with E-state index in [1.807, 2.05) is 18.2 Å². The number of ether oxygens (including phenoxy) is 1. The first-order valence-electron chi connectivity index (χ1n) is 5.21. The minimum Gasteiger partial charge on any atom is -0.496 e. The maximum atomic E-state index is 6.20. The second-order valence-electron chi connectivity index (χ2n) is 3.96. The summed E-state index contributed by atoms with van der Waals surface area (Å²) in [7, 11) is 1.70. The first-order chi connectivity index (χ1) is 6.83. The molecule has 1 aromatic rings. The van der Waals surface area contributed by atoms with Gasteiger partial charge in [0.05, 0.1) is 7.11 Å². The van der Waals surface area contributed by atoms with Gasteiger partial charge in [0.1, 0.15) is 5.75 Å². The second kappa shape index (κ2) is 4.01. The van der Waals surface area contributed by atoms with Crippen molar-refractivity contribution in [3.05, 3.63) is 29.8 Å². The van der Waals surface area contributed by atoms with Gasteiger partial charge in [0.2, 0.25) is 0 Å². The molecule has 0 bridgehead atoms. The Labute approximate surface area is 85.1 Å². The lowest BCUT2D eigenvalue weighted by Gasteiger charge is -2.32. The lowest BCUT2D eigenvalue weighted by molar-refractivity contribution is 0.259. The number of methoxy groups -OCH3 is 1. The molecule has 2 nitrogen and oxygen atoms in total. The molecule has 0 aliphatic heterocycles. The van der Waals surface area contributed by atoms with Crippen molar-refractivity contribution >= 4 is 0 Å². The lowest BCUT2D eigenvalue weighted by atomic mass is 9.77. The third-order valence-corrected chi connectivity index (χ3v) is 3.16. The Morgan fingerprint density at radius 2 is 2.07 bits per heavy atom. The van der Waals surface area contributed by atoms with Gasteiger partial charge in [-0.3, -0.25) is 0 Å². The minimum atomic E-state index is 0.153. The molecule has 1 atom stereocenters. The van der Waals surface area contributed by atoms with Gasteiger partial charge in [-0.05, 0) is 24.8 Å². The summed E-state index contributed by atoms with van der Waals surface area (Å²) < 4.78 is 5.31. The van der Waals surface area contributed by atoms with Crippen LogP contribution in [0.5, 0.6) is 5.75 Å². The highest BCUT2D eigenvalue weighted by Gasteiger charge is 2.27. The van der Waals surface area contributed by atoms with Gasteiger partial charge in [-0.1, -0.05) is 24.6 Å². The van der Waals surface area contributed by atoms with E-state index in [0.29, 0.717) is 5.92 Å². The predicted molar refractivity (Wildman–Crippen MR) is 57.3 cm³/mol. The highest BCUT2D eigenvalue weighted by atomic mass is 16.5. The molecule has 2 heteroatoms. The van der Waals surface area contributed by atoms with Gasteiger partial charge in [0, 0.05) is 11.6 Å². The van der Waals surface area contributed by atoms with Crippen molar-refractivity contribution in [1.82, 2.24) is 0 Å². The normalized spacial score (nSPS) is 18.7. The van der Waals surface area contributed by atoms with E-state index < -0.39 is 0 Å². The van der Waals surface area contributed by atoms with E-state index in [2.05, 4.69) is 6.07 Å². The number of nitrogens with two attached hydrogens (primary N) is 1. The molecular weight excluding hydrogens is 174 g/mol. The van der Waals surface area contributed by atoms with Crippen LogP contribution in [-0.2, 0) is 0 Å². The summed E-state index contributed by atoms with van der Waals surface area (Å²) in [5.74, 6) is 1.58. The maximum absolute atomic E-state index is 6.20. The molecule has 1 aromatic carbocycles. The fourth-order valence-electron chi connectivity index (χ4n) is 1.99. The average Bonchev–Trinajstić information content (AvgIpc) is 2.15. The van der Waals surface area contributed by atoms with Crippen LogP contribution in [-0.4, -0.2) is 7.11 Å². The van der Waals surface area contributed by atoms with Gasteiger partial charge in [-0.15, -0.1) is 0 Å². The van der Waals surface area contributed by atoms with E-state index in [9.17, 15) is 0 Å². The number of hydrogen-bond donors (Lipinski definition) is 1. The quantitative estimate of drug-likeness (QED) is 0.796. The van der Waals surface area contributed by atoms with Crippen LogP contribution >= 0.6 is 0 Å². The summed E-state index contributed by atoms with van der Waals surface area (Å²) >= 11 is 0. The molecule has 1 fully saturated rings. The van der Waals surface area contributed by atoms with Crippen LogP contribution in [0.3, 0.4) is 0 Å². The van der Waals surface area contributed by atoms with Crippen LogP contribution in [0, 0.1) is 5.92 Å². The summed E-state index contributed by atoms with van der Waals surface area (Å²) in [4.78, 5) is 0. The van der Waals surface area contributed by atoms with Crippen molar-refractivity contribution < 1.29 is 4.74 Å². The zero-order valence-corrected chi connectivity index (χ0v) is 8.57. The fraction of sp³-hybridized carbons (Fsp3) is 0.500. The molecule has 0 unspecified atom stereocenters. The molecular formula is C12H17NO. The van der Waals surface area contributed by atoms with Gasteiger partial charge in [0.25, 0.3) is 0 Å². The molecule has 0 amide bonds. The van der Waals surface area contributed by atoms with Crippen molar-refractivity contribution in [3.63, 3.8) is 0 Å². The molecule has 14 heavy (non-hydrogen) atoms. The van der Waals surface area contributed by atoms with Crippen LogP contribution in [0.1, 0.15) is 30.9 Å². The van der Waals surface area contributed by atoms with Gasteiger partial charge in [-0.2, -0.15) is 0 Å². The van der Waals surface area contributed by atoms with Gasteiger partial charge < -0.3 is 10.5 Å². The van der Waals surface area contributed by atoms with E-state index in [4.69, 9.17) is 10.5 Å². The zero-order chi connectivity index (χ0) is 9.97. The van der Waals surface area contributed by atoms with Crippen LogP contribution < -0.4 is 10.5 Å². The molecule has 0 spiro atoms. The molecule has 2 N–H and O–H groups in total. The van der Waals surface area contributed by atoms with Crippen LogP contribution in [0.4, 0.5) is 0 Å². The molecule has 1 aliphatic carbocycles. The summed E-state index contributed by atoms with van der Waals surface area (Å²) in [5, 5.41) is 0. The Hall–Kier alpha value is -1.02. The van der Waals surface area contributed by atoms with Crippen LogP contribution in [0.25, 0.3) is 0 Å². The van der Waals surface area contributed by atoms with Crippen molar-refractivity contribution in [2.24, 2.45) is 11.7 Å². The van der Waals surface area contributed by atoms with Gasteiger partial charge in [-0.25, -0.2) is 0 Å². The molecule has 1 saturated carbocycles. The van der Waals surface area contributed by atoms with E-state index in [1.165, 1.54) is 19.3 Å².